The number of aromatic hydroxyl groups is 2. The Morgan fingerprint density at radius 1 is 1.09 bits per heavy atom. The molecule has 1 amide bonds. The number of phenols is 2. The van der Waals surface area contributed by atoms with E-state index in [4.69, 9.17) is 9.57 Å². The van der Waals surface area contributed by atoms with Gasteiger partial charge in [-0.25, -0.2) is 4.79 Å². The topological polar surface area (TPSA) is 109 Å². The predicted octanol–water partition coefficient (Wildman–Crippen LogP) is 3.79. The SMILES string of the molecule is Cc1c(O)cc(O)c2c1CC(=NOCC(=O)N1CCCCC1)/C=C/CC/C=C/CCOC2=O. The Morgan fingerprint density at radius 2 is 1.82 bits per heavy atom. The van der Waals surface area contributed by atoms with Crippen LogP contribution in [0.1, 0.15) is 60.0 Å². The highest BCUT2D eigenvalue weighted by molar-refractivity contribution is 6.01. The number of benzene rings is 1. The number of hydrogen-bond donors (Lipinski definition) is 2. The van der Waals surface area contributed by atoms with Gasteiger partial charge < -0.3 is 24.7 Å². The Kier molecular flexibility index (Phi) is 8.92. The molecule has 33 heavy (non-hydrogen) atoms. The van der Waals surface area contributed by atoms with Crippen LogP contribution >= 0.6 is 0 Å². The van der Waals surface area contributed by atoms with Crippen LogP contribution in [0.25, 0.3) is 0 Å². The molecule has 0 aliphatic carbocycles. The molecule has 3 rings (SSSR count). The third-order valence-corrected chi connectivity index (χ3v) is 5.80. The zero-order valence-corrected chi connectivity index (χ0v) is 19.1. The van der Waals surface area contributed by atoms with Crippen LogP contribution in [0.4, 0.5) is 0 Å². The summed E-state index contributed by atoms with van der Waals surface area (Å²) in [6.07, 6.45) is 13.1. The first-order valence-corrected chi connectivity index (χ1v) is 11.5. The molecular weight excluding hydrogens is 424 g/mol. The summed E-state index contributed by atoms with van der Waals surface area (Å²) in [5.74, 6) is -1.26. The molecule has 0 bridgehead atoms. The van der Waals surface area contributed by atoms with Crippen molar-refractivity contribution >= 4 is 17.6 Å². The summed E-state index contributed by atoms with van der Waals surface area (Å²) in [6, 6.07) is 1.14. The lowest BCUT2D eigenvalue weighted by molar-refractivity contribution is -0.137. The number of carbonyl (C=O) groups excluding carboxylic acids is 2. The van der Waals surface area contributed by atoms with E-state index in [2.05, 4.69) is 5.16 Å². The number of piperidine rings is 1. The van der Waals surface area contributed by atoms with Crippen molar-refractivity contribution in [2.75, 3.05) is 26.3 Å². The molecule has 2 aliphatic rings. The van der Waals surface area contributed by atoms with E-state index in [9.17, 15) is 19.8 Å². The average molecular weight is 457 g/mol. The van der Waals surface area contributed by atoms with Gasteiger partial charge in [0.1, 0.15) is 17.1 Å². The van der Waals surface area contributed by atoms with Crippen LogP contribution in [-0.4, -0.2) is 59.0 Å². The molecule has 0 spiro atoms. The van der Waals surface area contributed by atoms with Gasteiger partial charge in [-0.05, 0) is 62.7 Å². The number of fused-ring (bicyclic) bond motifs is 1. The van der Waals surface area contributed by atoms with Crippen LogP contribution in [0.15, 0.2) is 35.5 Å². The molecule has 0 radical (unpaired) electrons. The number of ether oxygens (including phenoxy) is 1. The molecule has 1 saturated heterocycles. The maximum Gasteiger partial charge on any atom is 0.342 e. The van der Waals surface area contributed by atoms with Crippen molar-refractivity contribution in [2.45, 2.75) is 51.9 Å². The van der Waals surface area contributed by atoms with Gasteiger partial charge in [-0.3, -0.25) is 4.79 Å². The smallest absolute Gasteiger partial charge is 0.342 e. The molecule has 2 N–H and O–H groups in total. The maximum atomic E-state index is 12.7. The molecule has 1 aromatic rings. The lowest BCUT2D eigenvalue weighted by atomic mass is 9.94. The summed E-state index contributed by atoms with van der Waals surface area (Å²) in [7, 11) is 0. The van der Waals surface area contributed by atoms with Gasteiger partial charge in [-0.2, -0.15) is 0 Å². The molecule has 0 aromatic heterocycles. The van der Waals surface area contributed by atoms with Crippen LogP contribution in [0, 0.1) is 6.92 Å². The minimum absolute atomic E-state index is 0.00293. The molecule has 1 fully saturated rings. The zero-order chi connectivity index (χ0) is 23.6. The second-order valence-corrected chi connectivity index (χ2v) is 8.24. The molecule has 8 heteroatoms. The van der Waals surface area contributed by atoms with Gasteiger partial charge in [0.25, 0.3) is 5.91 Å². The molecule has 2 aliphatic heterocycles. The Labute approximate surface area is 194 Å². The van der Waals surface area contributed by atoms with Crippen molar-refractivity contribution in [3.63, 3.8) is 0 Å². The van der Waals surface area contributed by atoms with Gasteiger partial charge in [0, 0.05) is 25.6 Å². The number of esters is 1. The number of carbonyl (C=O) groups is 2. The average Bonchev–Trinajstić information content (AvgIpc) is 2.80. The lowest BCUT2D eigenvalue weighted by Crippen LogP contribution is -2.37. The van der Waals surface area contributed by atoms with Crippen molar-refractivity contribution in [1.29, 1.82) is 0 Å². The number of hydrogen-bond acceptors (Lipinski definition) is 7. The lowest BCUT2D eigenvalue weighted by Gasteiger charge is -2.26. The van der Waals surface area contributed by atoms with Crippen LogP contribution in [-0.2, 0) is 20.8 Å². The fourth-order valence-corrected chi connectivity index (χ4v) is 3.90. The Balaban J connectivity index is 1.86. The largest absolute Gasteiger partial charge is 0.508 e. The highest BCUT2D eigenvalue weighted by atomic mass is 16.6. The first kappa shape index (κ1) is 24.4. The number of amides is 1. The van der Waals surface area contributed by atoms with Gasteiger partial charge >= 0.3 is 5.97 Å². The molecule has 178 valence electrons. The summed E-state index contributed by atoms with van der Waals surface area (Å²) in [5, 5.41) is 24.8. The third kappa shape index (κ3) is 6.84. The molecule has 0 unspecified atom stereocenters. The summed E-state index contributed by atoms with van der Waals surface area (Å²) in [4.78, 5) is 32.3. The number of phenolic OH excluding ortho intramolecular Hbond substituents is 2. The van der Waals surface area contributed by atoms with Crippen LogP contribution in [0.3, 0.4) is 0 Å². The van der Waals surface area contributed by atoms with E-state index in [0.29, 0.717) is 23.3 Å². The molecular formula is C25H32N2O6. The second-order valence-electron chi connectivity index (χ2n) is 8.24. The Morgan fingerprint density at radius 3 is 2.61 bits per heavy atom. The highest BCUT2D eigenvalue weighted by Crippen LogP contribution is 2.33. The number of allylic oxidation sites excluding steroid dienone is 3. The monoisotopic (exact) mass is 456 g/mol. The fraction of sp³-hybridized carbons (Fsp3) is 0.480. The van der Waals surface area contributed by atoms with Gasteiger partial charge in [0.15, 0.2) is 6.61 Å². The zero-order valence-electron chi connectivity index (χ0n) is 19.1. The minimum atomic E-state index is -0.666. The van der Waals surface area contributed by atoms with Crippen molar-refractivity contribution < 1.29 is 29.4 Å². The van der Waals surface area contributed by atoms with Crippen LogP contribution in [0.5, 0.6) is 11.5 Å². The maximum absolute atomic E-state index is 12.7. The quantitative estimate of drug-likeness (QED) is 0.407. The van der Waals surface area contributed by atoms with E-state index in [1.54, 1.807) is 17.9 Å². The number of nitrogens with zero attached hydrogens (tertiary/aromatic N) is 2. The molecule has 1 aromatic carbocycles. The summed E-state index contributed by atoms with van der Waals surface area (Å²) >= 11 is 0. The van der Waals surface area contributed by atoms with E-state index in [0.717, 1.165) is 51.3 Å². The Hall–Kier alpha value is -3.29. The number of cyclic esters (lactones) is 1. The van der Waals surface area contributed by atoms with Gasteiger partial charge in [0.05, 0.1) is 12.3 Å². The molecule has 0 saturated carbocycles. The van der Waals surface area contributed by atoms with Crippen molar-refractivity contribution in [3.8, 4) is 11.5 Å². The van der Waals surface area contributed by atoms with E-state index in [1.807, 2.05) is 18.2 Å². The number of likely N-dealkylation sites (tertiary alicyclic amines) is 1. The molecule has 0 atom stereocenters. The highest BCUT2D eigenvalue weighted by Gasteiger charge is 2.23. The van der Waals surface area contributed by atoms with E-state index < -0.39 is 5.97 Å². The van der Waals surface area contributed by atoms with Crippen molar-refractivity contribution in [3.05, 3.63) is 47.1 Å². The number of oxime groups is 1. The van der Waals surface area contributed by atoms with E-state index in [-0.39, 0.29) is 42.6 Å². The minimum Gasteiger partial charge on any atom is -0.508 e. The van der Waals surface area contributed by atoms with Crippen molar-refractivity contribution in [1.82, 2.24) is 4.90 Å². The van der Waals surface area contributed by atoms with E-state index in [1.165, 1.54) is 0 Å². The number of rotatable bonds is 3. The van der Waals surface area contributed by atoms with Gasteiger partial charge in [-0.1, -0.05) is 23.4 Å². The standard InChI is InChI=1S/C25H32N2O6/c1-18-20-15-19(26-33-17-23(30)27-12-8-6-9-13-27)11-7-4-2-3-5-10-14-32-25(31)24(20)22(29)16-21(18)28/h3,5,7,11,16,28-29H,2,4,6,8-10,12-15,17H2,1H3/b5-3+,11-7+,26-19?. The van der Waals surface area contributed by atoms with Gasteiger partial charge in [-0.15, -0.1) is 0 Å². The molecule has 8 nitrogen and oxygen atoms in total. The summed E-state index contributed by atoms with van der Waals surface area (Å²) in [5.41, 5.74) is 1.30. The van der Waals surface area contributed by atoms with E-state index >= 15 is 0 Å². The van der Waals surface area contributed by atoms with Crippen molar-refractivity contribution in [2.24, 2.45) is 5.16 Å². The van der Waals surface area contributed by atoms with Crippen LogP contribution in [0.2, 0.25) is 0 Å². The Bertz CT molecular complexity index is 945. The predicted molar refractivity (Wildman–Crippen MR) is 124 cm³/mol. The molecule has 2 heterocycles. The normalized spacial score (nSPS) is 20.9. The summed E-state index contributed by atoms with van der Waals surface area (Å²) in [6.45, 7) is 3.15. The first-order chi connectivity index (χ1) is 16.0. The van der Waals surface area contributed by atoms with Gasteiger partial charge in [0.2, 0.25) is 0 Å². The second kappa shape index (κ2) is 12.1. The summed E-state index contributed by atoms with van der Waals surface area (Å²) < 4.78 is 5.33. The first-order valence-electron chi connectivity index (χ1n) is 11.5. The van der Waals surface area contributed by atoms with Crippen LogP contribution < -0.4 is 0 Å². The fourth-order valence-electron chi connectivity index (χ4n) is 3.90. The third-order valence-electron chi connectivity index (χ3n) is 5.80.